The highest BCUT2D eigenvalue weighted by Gasteiger charge is 2.24. The van der Waals surface area contributed by atoms with Gasteiger partial charge in [-0.25, -0.2) is 4.79 Å². The molecule has 1 aliphatic rings. The predicted molar refractivity (Wildman–Crippen MR) is 96.5 cm³/mol. The zero-order valence-corrected chi connectivity index (χ0v) is 14.2. The maximum atomic E-state index is 10.4. The largest absolute Gasteiger partial charge is 0.508 e. The number of phenols is 1. The molecule has 2 aromatic carbocycles. The van der Waals surface area contributed by atoms with Crippen LogP contribution in [0.5, 0.6) is 5.75 Å². The molecule has 0 saturated heterocycles. The van der Waals surface area contributed by atoms with Crippen LogP contribution in [-0.4, -0.2) is 16.2 Å². The van der Waals surface area contributed by atoms with E-state index in [0.717, 1.165) is 6.07 Å². The van der Waals surface area contributed by atoms with Gasteiger partial charge >= 0.3 is 5.97 Å². The molecule has 0 saturated carbocycles. The van der Waals surface area contributed by atoms with E-state index in [1.54, 1.807) is 11.1 Å². The van der Waals surface area contributed by atoms with Crippen LogP contribution >= 0.6 is 0 Å². The van der Waals surface area contributed by atoms with Crippen LogP contribution in [0.2, 0.25) is 0 Å². The molecule has 0 amide bonds. The zero-order valence-electron chi connectivity index (χ0n) is 14.2. The van der Waals surface area contributed by atoms with Crippen LogP contribution in [0.25, 0.3) is 0 Å². The van der Waals surface area contributed by atoms with E-state index < -0.39 is 5.97 Å². The number of carboxylic acids is 1. The van der Waals surface area contributed by atoms with Crippen molar-refractivity contribution < 1.29 is 15.0 Å². The average molecular weight is 327 g/mol. The second-order valence-corrected chi connectivity index (χ2v) is 6.82. The molecule has 3 rings (SSSR count). The number of hydrogen-bond donors (Lipinski definition) is 3. The molecule has 0 aromatic heterocycles. The predicted octanol–water partition coefficient (Wildman–Crippen LogP) is 4.36. The molecule has 0 fully saturated rings. The van der Waals surface area contributed by atoms with Crippen LogP contribution in [0.15, 0.2) is 42.5 Å². The van der Waals surface area contributed by atoms with Gasteiger partial charge < -0.3 is 15.9 Å². The Morgan fingerprint density at radius 2 is 1.83 bits per heavy atom. The van der Waals surface area contributed by atoms with E-state index >= 15 is 0 Å². The Morgan fingerprint density at radius 1 is 1.12 bits per heavy atom. The molecule has 1 aliphatic carbocycles. The molecular weight excluding hydrogens is 302 g/mol. The lowest BCUT2D eigenvalue weighted by Gasteiger charge is -2.25. The first-order chi connectivity index (χ1) is 11.3. The number of fused-ring (bicyclic) bond motifs is 1. The van der Waals surface area contributed by atoms with Gasteiger partial charge in [-0.3, -0.25) is 0 Å². The molecule has 2 aromatic rings. The summed E-state index contributed by atoms with van der Waals surface area (Å²) in [6, 6.07) is 12.7. The number of nitrogens with two attached hydrogens (primary N) is 1. The molecule has 128 valence electrons. The van der Waals surface area contributed by atoms with Crippen LogP contribution in [0, 0.1) is 0 Å². The monoisotopic (exact) mass is 327 g/mol. The minimum atomic E-state index is -1.14. The summed E-state index contributed by atoms with van der Waals surface area (Å²) in [7, 11) is 0. The SMILES string of the molecule is CC1(C)CCCCc2ccccc21.Nc1ccc(O)cc1C(=O)O. The van der Waals surface area contributed by atoms with Crippen molar-refractivity contribution in [2.75, 3.05) is 5.73 Å². The van der Waals surface area contributed by atoms with Crippen molar-refractivity contribution in [3.8, 4) is 5.75 Å². The summed E-state index contributed by atoms with van der Waals surface area (Å²) in [5.41, 5.74) is 8.91. The Labute approximate surface area is 142 Å². The van der Waals surface area contributed by atoms with E-state index in [0.29, 0.717) is 5.41 Å². The van der Waals surface area contributed by atoms with Gasteiger partial charge in [0.25, 0.3) is 0 Å². The first-order valence-electron chi connectivity index (χ1n) is 8.21. The molecule has 4 nitrogen and oxygen atoms in total. The van der Waals surface area contributed by atoms with Crippen molar-refractivity contribution in [2.45, 2.75) is 44.9 Å². The Bertz CT molecular complexity index is 723. The molecule has 24 heavy (non-hydrogen) atoms. The number of aromatic hydroxyl groups is 1. The molecule has 0 radical (unpaired) electrons. The fourth-order valence-corrected chi connectivity index (χ4v) is 3.15. The number of phenolic OH excluding ortho intramolecular Hbond substituents is 1. The van der Waals surface area contributed by atoms with E-state index in [9.17, 15) is 4.79 Å². The Kier molecular flexibility index (Phi) is 5.50. The number of carboxylic acid groups (broad SMARTS) is 1. The molecular formula is C20H25NO3. The summed E-state index contributed by atoms with van der Waals surface area (Å²) < 4.78 is 0. The highest BCUT2D eigenvalue weighted by Crippen LogP contribution is 2.35. The second-order valence-electron chi connectivity index (χ2n) is 6.82. The van der Waals surface area contributed by atoms with Gasteiger partial charge in [0, 0.05) is 5.69 Å². The third kappa shape index (κ3) is 4.28. The van der Waals surface area contributed by atoms with Crippen LogP contribution in [0.4, 0.5) is 5.69 Å². The molecule has 0 unspecified atom stereocenters. The smallest absolute Gasteiger partial charge is 0.337 e. The van der Waals surface area contributed by atoms with Crippen LogP contribution in [0.3, 0.4) is 0 Å². The van der Waals surface area contributed by atoms with E-state index in [-0.39, 0.29) is 17.0 Å². The molecule has 4 heteroatoms. The van der Waals surface area contributed by atoms with Crippen molar-refractivity contribution in [3.63, 3.8) is 0 Å². The first-order valence-corrected chi connectivity index (χ1v) is 8.21. The van der Waals surface area contributed by atoms with E-state index in [1.807, 2.05) is 0 Å². The number of carbonyl (C=O) groups is 1. The number of anilines is 1. The summed E-state index contributed by atoms with van der Waals surface area (Å²) in [6.45, 7) is 4.74. The Hall–Kier alpha value is -2.49. The van der Waals surface area contributed by atoms with Crippen molar-refractivity contribution in [3.05, 3.63) is 59.2 Å². The number of rotatable bonds is 1. The van der Waals surface area contributed by atoms with Crippen LogP contribution < -0.4 is 5.73 Å². The minimum Gasteiger partial charge on any atom is -0.508 e. The third-order valence-electron chi connectivity index (χ3n) is 4.51. The number of hydrogen-bond acceptors (Lipinski definition) is 3. The van der Waals surface area contributed by atoms with Crippen molar-refractivity contribution in [2.24, 2.45) is 0 Å². The Balaban J connectivity index is 0.000000177. The van der Waals surface area contributed by atoms with Crippen molar-refractivity contribution in [1.82, 2.24) is 0 Å². The van der Waals surface area contributed by atoms with Gasteiger partial charge in [-0.2, -0.15) is 0 Å². The summed E-state index contributed by atoms with van der Waals surface area (Å²) in [4.78, 5) is 10.4. The topological polar surface area (TPSA) is 83.5 Å². The van der Waals surface area contributed by atoms with Gasteiger partial charge in [0.1, 0.15) is 5.75 Å². The van der Waals surface area contributed by atoms with E-state index in [4.69, 9.17) is 15.9 Å². The van der Waals surface area contributed by atoms with Crippen molar-refractivity contribution in [1.29, 1.82) is 0 Å². The average Bonchev–Trinajstić information content (AvgIpc) is 2.69. The first kappa shape index (κ1) is 17.9. The summed E-state index contributed by atoms with van der Waals surface area (Å²) in [5.74, 6) is -1.24. The van der Waals surface area contributed by atoms with Gasteiger partial charge in [0.2, 0.25) is 0 Å². The van der Waals surface area contributed by atoms with Gasteiger partial charge in [-0.1, -0.05) is 44.5 Å². The molecule has 0 atom stereocenters. The fraction of sp³-hybridized carbons (Fsp3) is 0.350. The van der Waals surface area contributed by atoms with E-state index in [2.05, 4.69) is 38.1 Å². The quantitative estimate of drug-likeness (QED) is 0.413. The van der Waals surface area contributed by atoms with Crippen LogP contribution in [0.1, 0.15) is 54.6 Å². The van der Waals surface area contributed by atoms with Crippen molar-refractivity contribution >= 4 is 11.7 Å². The number of aromatic carboxylic acids is 1. The molecule has 0 spiro atoms. The maximum absolute atomic E-state index is 10.4. The second kappa shape index (κ2) is 7.39. The third-order valence-corrected chi connectivity index (χ3v) is 4.51. The zero-order chi connectivity index (χ0) is 17.7. The lowest BCUT2D eigenvalue weighted by atomic mass is 9.80. The Morgan fingerprint density at radius 3 is 2.50 bits per heavy atom. The van der Waals surface area contributed by atoms with Gasteiger partial charge in [-0.15, -0.1) is 0 Å². The number of aryl methyl sites for hydroxylation is 1. The fourth-order valence-electron chi connectivity index (χ4n) is 3.15. The van der Waals surface area contributed by atoms with Gasteiger partial charge in [-0.05, 0) is 54.0 Å². The number of nitrogen functional groups attached to an aromatic ring is 1. The standard InChI is InChI=1S/C13H18.C7H7NO3/c1-13(2)10-6-5-8-11-7-3-4-9-12(11)13;8-6-2-1-4(9)3-5(6)7(10)11/h3-4,7,9H,5-6,8,10H2,1-2H3;1-3,9H,8H2,(H,10,11). The lowest BCUT2D eigenvalue weighted by molar-refractivity contribution is 0.0697. The maximum Gasteiger partial charge on any atom is 0.337 e. The summed E-state index contributed by atoms with van der Waals surface area (Å²) in [5, 5.41) is 17.4. The van der Waals surface area contributed by atoms with E-state index in [1.165, 1.54) is 37.8 Å². The molecule has 0 bridgehead atoms. The molecule has 4 N–H and O–H groups in total. The van der Waals surface area contributed by atoms with Gasteiger partial charge in [0.15, 0.2) is 0 Å². The minimum absolute atomic E-state index is 0.0787. The summed E-state index contributed by atoms with van der Waals surface area (Å²) >= 11 is 0. The highest BCUT2D eigenvalue weighted by atomic mass is 16.4. The lowest BCUT2D eigenvalue weighted by Crippen LogP contribution is -2.16. The number of benzene rings is 2. The molecule has 0 heterocycles. The molecule has 0 aliphatic heterocycles. The van der Waals surface area contributed by atoms with Crippen LogP contribution in [-0.2, 0) is 11.8 Å². The normalized spacial score (nSPS) is 15.4. The van der Waals surface area contributed by atoms with Gasteiger partial charge in [0.05, 0.1) is 5.56 Å². The summed E-state index contributed by atoms with van der Waals surface area (Å²) in [6.07, 6.45) is 5.35. The highest BCUT2D eigenvalue weighted by molar-refractivity contribution is 5.94.